The van der Waals surface area contributed by atoms with Gasteiger partial charge in [0.15, 0.2) is 0 Å². The Morgan fingerprint density at radius 2 is 1.87 bits per heavy atom. The summed E-state index contributed by atoms with van der Waals surface area (Å²) in [7, 11) is 1.73. The fourth-order valence-electron chi connectivity index (χ4n) is 3.38. The van der Waals surface area contributed by atoms with Crippen molar-refractivity contribution in [2.24, 2.45) is 0 Å². The van der Waals surface area contributed by atoms with Crippen molar-refractivity contribution < 1.29 is 19.1 Å². The van der Waals surface area contributed by atoms with Gasteiger partial charge >= 0.3 is 6.03 Å². The Morgan fingerprint density at radius 3 is 2.65 bits per heavy atom. The highest BCUT2D eigenvalue weighted by Gasteiger charge is 2.16. The van der Waals surface area contributed by atoms with Crippen LogP contribution in [0.4, 0.5) is 10.5 Å². The van der Waals surface area contributed by atoms with E-state index in [2.05, 4.69) is 10.6 Å². The van der Waals surface area contributed by atoms with Crippen LogP contribution in [0.2, 0.25) is 0 Å². The van der Waals surface area contributed by atoms with Crippen molar-refractivity contribution in [3.63, 3.8) is 0 Å². The molecule has 2 N–H and O–H groups in total. The fourth-order valence-corrected chi connectivity index (χ4v) is 3.38. The van der Waals surface area contributed by atoms with Gasteiger partial charge in [0.2, 0.25) is 5.91 Å². The molecule has 1 unspecified atom stereocenters. The number of rotatable bonds is 9. The topological polar surface area (TPSA) is 79.9 Å². The molecule has 0 spiro atoms. The summed E-state index contributed by atoms with van der Waals surface area (Å²) in [4.78, 5) is 26.2. The number of nitrogens with one attached hydrogen (secondary N) is 2. The van der Waals surface area contributed by atoms with E-state index < -0.39 is 0 Å². The number of carbonyl (C=O) groups excluding carboxylic acids is 2. The Hall–Kier alpha value is -3.06. The summed E-state index contributed by atoms with van der Waals surface area (Å²) in [6.45, 7) is 2.01. The molecule has 2 aromatic rings. The second-order valence-corrected chi connectivity index (χ2v) is 7.67. The third kappa shape index (κ3) is 7.61. The smallest absolute Gasteiger partial charge is 0.317 e. The molecule has 1 saturated heterocycles. The van der Waals surface area contributed by atoms with Gasteiger partial charge in [-0.2, -0.15) is 0 Å². The van der Waals surface area contributed by atoms with E-state index in [1.807, 2.05) is 48.5 Å². The zero-order chi connectivity index (χ0) is 21.9. The van der Waals surface area contributed by atoms with Gasteiger partial charge in [-0.05, 0) is 37.0 Å². The highest BCUT2D eigenvalue weighted by molar-refractivity contribution is 5.92. The number of ether oxygens (including phenoxy) is 2. The molecule has 7 heteroatoms. The standard InChI is InChI=1S/C24H31N3O4/c1-27(17-19-9-3-2-4-10-19)24(29)25-15-14-23(28)26-21-12-5-6-13-22(21)31-18-20-11-7-8-16-30-20/h2-6,9-10,12-13,20H,7-8,11,14-18H2,1H3,(H,25,29)(H,26,28). The lowest BCUT2D eigenvalue weighted by Gasteiger charge is -2.23. The third-order valence-electron chi connectivity index (χ3n) is 5.10. The average molecular weight is 426 g/mol. The highest BCUT2D eigenvalue weighted by atomic mass is 16.5. The highest BCUT2D eigenvalue weighted by Crippen LogP contribution is 2.25. The second-order valence-electron chi connectivity index (χ2n) is 7.67. The molecular weight excluding hydrogens is 394 g/mol. The minimum atomic E-state index is -0.215. The van der Waals surface area contributed by atoms with E-state index in [0.717, 1.165) is 31.4 Å². The first-order valence-electron chi connectivity index (χ1n) is 10.8. The van der Waals surface area contributed by atoms with Crippen molar-refractivity contribution in [1.29, 1.82) is 0 Å². The lowest BCUT2D eigenvalue weighted by atomic mass is 10.1. The minimum absolute atomic E-state index is 0.0978. The van der Waals surface area contributed by atoms with Gasteiger partial charge in [0.1, 0.15) is 12.4 Å². The fraction of sp³-hybridized carbons (Fsp3) is 0.417. The maximum Gasteiger partial charge on any atom is 0.317 e. The van der Waals surface area contributed by atoms with Crippen LogP contribution in [0.15, 0.2) is 54.6 Å². The molecule has 0 radical (unpaired) electrons. The van der Waals surface area contributed by atoms with Gasteiger partial charge in [-0.15, -0.1) is 0 Å². The molecule has 3 rings (SSSR count). The van der Waals surface area contributed by atoms with Crippen molar-refractivity contribution >= 4 is 17.6 Å². The number of hydrogen-bond acceptors (Lipinski definition) is 4. The monoisotopic (exact) mass is 425 g/mol. The summed E-state index contributed by atoms with van der Waals surface area (Å²) < 4.78 is 11.6. The SMILES string of the molecule is CN(Cc1ccccc1)C(=O)NCCC(=O)Nc1ccccc1OCC1CCCCO1. The molecule has 0 aliphatic carbocycles. The van der Waals surface area contributed by atoms with Gasteiger partial charge in [-0.3, -0.25) is 4.79 Å². The molecule has 1 fully saturated rings. The zero-order valence-corrected chi connectivity index (χ0v) is 18.0. The summed E-state index contributed by atoms with van der Waals surface area (Å²) in [5.74, 6) is 0.438. The number of benzene rings is 2. The Labute approximate surface area is 183 Å². The quantitative estimate of drug-likeness (QED) is 0.640. The largest absolute Gasteiger partial charge is 0.489 e. The van der Waals surface area contributed by atoms with Crippen LogP contribution in [-0.4, -0.2) is 49.7 Å². The normalized spacial score (nSPS) is 15.7. The maximum absolute atomic E-state index is 12.4. The Morgan fingerprint density at radius 1 is 1.10 bits per heavy atom. The number of urea groups is 1. The van der Waals surface area contributed by atoms with Crippen molar-refractivity contribution in [3.8, 4) is 5.75 Å². The Balaban J connectivity index is 1.40. The summed E-state index contributed by atoms with van der Waals surface area (Å²) >= 11 is 0. The van der Waals surface area contributed by atoms with E-state index >= 15 is 0 Å². The van der Waals surface area contributed by atoms with Crippen molar-refractivity contribution in [1.82, 2.24) is 10.2 Å². The number of hydrogen-bond donors (Lipinski definition) is 2. The summed E-state index contributed by atoms with van der Waals surface area (Å²) in [5.41, 5.74) is 1.67. The molecule has 0 aromatic heterocycles. The summed E-state index contributed by atoms with van der Waals surface area (Å²) in [6.07, 6.45) is 3.51. The number of para-hydroxylation sites is 2. The molecule has 2 aromatic carbocycles. The van der Waals surface area contributed by atoms with E-state index in [9.17, 15) is 9.59 Å². The molecule has 31 heavy (non-hydrogen) atoms. The maximum atomic E-state index is 12.4. The van der Waals surface area contributed by atoms with Crippen LogP contribution >= 0.6 is 0 Å². The van der Waals surface area contributed by atoms with Crippen LogP contribution in [0.3, 0.4) is 0 Å². The molecule has 166 valence electrons. The molecule has 7 nitrogen and oxygen atoms in total. The minimum Gasteiger partial charge on any atom is -0.489 e. The predicted octanol–water partition coefficient (Wildman–Crippen LogP) is 3.80. The number of amides is 3. The van der Waals surface area contributed by atoms with Crippen LogP contribution in [0.5, 0.6) is 5.75 Å². The third-order valence-corrected chi connectivity index (χ3v) is 5.10. The van der Waals surface area contributed by atoms with Crippen molar-refractivity contribution in [3.05, 3.63) is 60.2 Å². The Bertz CT molecular complexity index is 838. The van der Waals surface area contributed by atoms with Crippen LogP contribution in [-0.2, 0) is 16.1 Å². The Kier molecular flexibility index (Phi) is 8.72. The molecule has 1 heterocycles. The summed E-state index contributed by atoms with van der Waals surface area (Å²) in [5, 5.41) is 5.65. The summed E-state index contributed by atoms with van der Waals surface area (Å²) in [6, 6.07) is 16.9. The zero-order valence-electron chi connectivity index (χ0n) is 18.0. The van der Waals surface area contributed by atoms with Crippen molar-refractivity contribution in [2.75, 3.05) is 32.1 Å². The number of carbonyl (C=O) groups is 2. The van der Waals surface area contributed by atoms with Gasteiger partial charge < -0.3 is 25.0 Å². The van der Waals surface area contributed by atoms with E-state index in [1.165, 1.54) is 0 Å². The van der Waals surface area contributed by atoms with Crippen LogP contribution < -0.4 is 15.4 Å². The molecule has 3 amide bonds. The van der Waals surface area contributed by atoms with Gasteiger partial charge in [0, 0.05) is 33.2 Å². The molecule has 0 bridgehead atoms. The van der Waals surface area contributed by atoms with Crippen molar-refractivity contribution in [2.45, 2.75) is 38.3 Å². The van der Waals surface area contributed by atoms with E-state index in [4.69, 9.17) is 9.47 Å². The van der Waals surface area contributed by atoms with Gasteiger partial charge in [-0.25, -0.2) is 4.79 Å². The van der Waals surface area contributed by atoms with E-state index in [1.54, 1.807) is 18.0 Å². The first-order valence-corrected chi connectivity index (χ1v) is 10.8. The van der Waals surface area contributed by atoms with Gasteiger partial charge in [0.25, 0.3) is 0 Å². The second kappa shape index (κ2) is 12.0. The predicted molar refractivity (Wildman–Crippen MR) is 120 cm³/mol. The lowest BCUT2D eigenvalue weighted by molar-refractivity contribution is -0.116. The van der Waals surface area contributed by atoms with Crippen LogP contribution in [0, 0.1) is 0 Å². The molecular formula is C24H31N3O4. The molecule has 0 saturated carbocycles. The van der Waals surface area contributed by atoms with E-state index in [0.29, 0.717) is 24.6 Å². The van der Waals surface area contributed by atoms with Crippen LogP contribution in [0.1, 0.15) is 31.2 Å². The molecule has 1 atom stereocenters. The first kappa shape index (κ1) is 22.6. The average Bonchev–Trinajstić information content (AvgIpc) is 2.79. The first-order chi connectivity index (χ1) is 15.1. The lowest BCUT2D eigenvalue weighted by Crippen LogP contribution is -2.38. The number of anilines is 1. The number of nitrogens with zero attached hydrogens (tertiary/aromatic N) is 1. The molecule has 1 aliphatic rings. The molecule has 1 aliphatic heterocycles. The van der Waals surface area contributed by atoms with Gasteiger partial charge in [-0.1, -0.05) is 42.5 Å². The van der Waals surface area contributed by atoms with Crippen LogP contribution in [0.25, 0.3) is 0 Å². The van der Waals surface area contributed by atoms with E-state index in [-0.39, 0.29) is 31.0 Å². The van der Waals surface area contributed by atoms with Gasteiger partial charge in [0.05, 0.1) is 11.8 Å².